The topological polar surface area (TPSA) is 62.7 Å². The summed E-state index contributed by atoms with van der Waals surface area (Å²) in [6, 6.07) is 7.70. The molecule has 0 spiro atoms. The van der Waals surface area contributed by atoms with E-state index in [0.29, 0.717) is 11.3 Å². The number of rotatable bonds is 2. The van der Waals surface area contributed by atoms with Gasteiger partial charge in [-0.3, -0.25) is 4.98 Å². The SMILES string of the molecule is Cc1cc(/C(N)=C(/C#N)c2ccncc2)sc1Br. The molecule has 0 saturated heterocycles. The number of aromatic nitrogens is 1. The Balaban J connectivity index is 2.55. The first-order valence-electron chi connectivity index (χ1n) is 5.20. The second-order valence-electron chi connectivity index (χ2n) is 3.70. The lowest BCUT2D eigenvalue weighted by molar-refractivity contribution is 1.32. The molecule has 0 aromatic carbocycles. The number of halogens is 1. The maximum Gasteiger partial charge on any atom is 0.102 e. The molecule has 0 saturated carbocycles. The Morgan fingerprint density at radius 1 is 1.44 bits per heavy atom. The summed E-state index contributed by atoms with van der Waals surface area (Å²) >= 11 is 4.99. The molecule has 2 aromatic rings. The number of hydrogen-bond acceptors (Lipinski definition) is 4. The number of thiophene rings is 1. The number of nitrogens with two attached hydrogens (primary N) is 1. The van der Waals surface area contributed by atoms with Gasteiger partial charge in [0, 0.05) is 12.4 Å². The summed E-state index contributed by atoms with van der Waals surface area (Å²) in [5.74, 6) is 0. The lowest BCUT2D eigenvalue weighted by Crippen LogP contribution is -1.98. The van der Waals surface area contributed by atoms with E-state index in [1.54, 1.807) is 24.5 Å². The van der Waals surface area contributed by atoms with Crippen LogP contribution in [0.25, 0.3) is 11.3 Å². The standard InChI is InChI=1S/C13H10BrN3S/c1-8-6-11(18-13(8)14)12(16)10(7-15)9-2-4-17-5-3-9/h2-6H,16H2,1H3/b12-10+. The molecule has 18 heavy (non-hydrogen) atoms. The summed E-state index contributed by atoms with van der Waals surface area (Å²) in [5, 5.41) is 9.27. The van der Waals surface area contributed by atoms with E-state index < -0.39 is 0 Å². The van der Waals surface area contributed by atoms with Crippen molar-refractivity contribution in [1.82, 2.24) is 4.98 Å². The summed E-state index contributed by atoms with van der Waals surface area (Å²) in [6.07, 6.45) is 3.30. The van der Waals surface area contributed by atoms with Gasteiger partial charge in [-0.1, -0.05) is 0 Å². The van der Waals surface area contributed by atoms with Crippen LogP contribution in [-0.2, 0) is 0 Å². The van der Waals surface area contributed by atoms with Crippen LogP contribution in [0.1, 0.15) is 16.0 Å². The van der Waals surface area contributed by atoms with Gasteiger partial charge in [0.25, 0.3) is 0 Å². The molecule has 0 atom stereocenters. The molecule has 0 radical (unpaired) electrons. The Labute approximate surface area is 118 Å². The fourth-order valence-electron chi connectivity index (χ4n) is 1.51. The van der Waals surface area contributed by atoms with Crippen LogP contribution in [-0.4, -0.2) is 4.98 Å². The number of pyridine rings is 1. The highest BCUT2D eigenvalue weighted by Gasteiger charge is 2.11. The maximum atomic E-state index is 9.27. The fraction of sp³-hybridized carbons (Fsp3) is 0.0769. The first-order valence-corrected chi connectivity index (χ1v) is 6.81. The van der Waals surface area contributed by atoms with Crippen LogP contribution in [0, 0.1) is 18.3 Å². The van der Waals surface area contributed by atoms with Gasteiger partial charge in [0.05, 0.1) is 19.9 Å². The maximum absolute atomic E-state index is 9.27. The minimum Gasteiger partial charge on any atom is -0.396 e. The number of aryl methyl sites for hydroxylation is 1. The van der Waals surface area contributed by atoms with Crippen LogP contribution >= 0.6 is 27.3 Å². The molecule has 2 aromatic heterocycles. The van der Waals surface area contributed by atoms with Gasteiger partial charge in [0.15, 0.2) is 0 Å². The lowest BCUT2D eigenvalue weighted by atomic mass is 10.1. The molecule has 2 heterocycles. The second kappa shape index (κ2) is 5.34. The molecule has 90 valence electrons. The van der Waals surface area contributed by atoms with E-state index in [1.165, 1.54) is 11.3 Å². The van der Waals surface area contributed by atoms with Gasteiger partial charge in [0.2, 0.25) is 0 Å². The Bertz CT molecular complexity index is 619. The van der Waals surface area contributed by atoms with Gasteiger partial charge >= 0.3 is 0 Å². The average Bonchev–Trinajstić information content (AvgIpc) is 2.72. The molecule has 0 aliphatic heterocycles. The quantitative estimate of drug-likeness (QED) is 0.861. The zero-order valence-electron chi connectivity index (χ0n) is 9.64. The molecular weight excluding hydrogens is 310 g/mol. The van der Waals surface area contributed by atoms with E-state index in [4.69, 9.17) is 5.73 Å². The van der Waals surface area contributed by atoms with E-state index in [1.807, 2.05) is 13.0 Å². The summed E-state index contributed by atoms with van der Waals surface area (Å²) in [5.41, 5.74) is 8.97. The molecule has 5 heteroatoms. The Hall–Kier alpha value is -1.64. The van der Waals surface area contributed by atoms with Crippen molar-refractivity contribution in [3.63, 3.8) is 0 Å². The highest BCUT2D eigenvalue weighted by Crippen LogP contribution is 2.32. The van der Waals surface area contributed by atoms with Crippen molar-refractivity contribution < 1.29 is 0 Å². The van der Waals surface area contributed by atoms with Crippen molar-refractivity contribution in [1.29, 1.82) is 5.26 Å². The van der Waals surface area contributed by atoms with Gasteiger partial charge in [-0.2, -0.15) is 5.26 Å². The molecule has 3 nitrogen and oxygen atoms in total. The lowest BCUT2D eigenvalue weighted by Gasteiger charge is -2.03. The van der Waals surface area contributed by atoms with Crippen molar-refractivity contribution >= 4 is 38.5 Å². The average molecular weight is 320 g/mol. The van der Waals surface area contributed by atoms with Crippen molar-refractivity contribution in [3.8, 4) is 6.07 Å². The summed E-state index contributed by atoms with van der Waals surface area (Å²) in [7, 11) is 0. The van der Waals surface area contributed by atoms with Crippen LogP contribution in [0.15, 0.2) is 34.4 Å². The fourth-order valence-corrected chi connectivity index (χ4v) is 3.01. The third-order valence-corrected chi connectivity index (χ3v) is 4.64. The van der Waals surface area contributed by atoms with Crippen molar-refractivity contribution in [3.05, 3.63) is 50.4 Å². The summed E-state index contributed by atoms with van der Waals surface area (Å²) < 4.78 is 1.03. The van der Waals surface area contributed by atoms with Gasteiger partial charge in [-0.15, -0.1) is 11.3 Å². The number of nitrogens with zero attached hydrogens (tertiary/aromatic N) is 2. The third-order valence-electron chi connectivity index (χ3n) is 2.47. The third kappa shape index (κ3) is 2.45. The van der Waals surface area contributed by atoms with Gasteiger partial charge in [-0.25, -0.2) is 0 Å². The predicted octanol–water partition coefficient (Wildman–Crippen LogP) is 3.56. The normalized spacial score (nSPS) is 11.8. The van der Waals surface area contributed by atoms with Crippen molar-refractivity contribution in [2.45, 2.75) is 6.92 Å². The highest BCUT2D eigenvalue weighted by atomic mass is 79.9. The van der Waals surface area contributed by atoms with Crippen LogP contribution in [0.2, 0.25) is 0 Å². The van der Waals surface area contributed by atoms with Crippen LogP contribution in [0.3, 0.4) is 0 Å². The molecule has 0 amide bonds. The smallest absolute Gasteiger partial charge is 0.102 e. The minimum absolute atomic E-state index is 0.478. The zero-order chi connectivity index (χ0) is 13.1. The van der Waals surface area contributed by atoms with E-state index in [2.05, 4.69) is 27.0 Å². The van der Waals surface area contributed by atoms with Crippen LogP contribution in [0.4, 0.5) is 0 Å². The molecule has 0 bridgehead atoms. The first kappa shape index (κ1) is 12.8. The Morgan fingerprint density at radius 3 is 2.61 bits per heavy atom. The highest BCUT2D eigenvalue weighted by molar-refractivity contribution is 9.11. The molecule has 0 unspecified atom stereocenters. The monoisotopic (exact) mass is 319 g/mol. The number of nitriles is 1. The van der Waals surface area contributed by atoms with Crippen molar-refractivity contribution in [2.24, 2.45) is 5.73 Å². The molecule has 0 aliphatic carbocycles. The van der Waals surface area contributed by atoms with E-state index in [-0.39, 0.29) is 0 Å². The predicted molar refractivity (Wildman–Crippen MR) is 77.6 cm³/mol. The van der Waals surface area contributed by atoms with Crippen LogP contribution in [0.5, 0.6) is 0 Å². The first-order chi connectivity index (χ1) is 8.63. The Morgan fingerprint density at radius 2 is 2.11 bits per heavy atom. The summed E-state index contributed by atoms with van der Waals surface area (Å²) in [6.45, 7) is 2.00. The van der Waals surface area contributed by atoms with E-state index >= 15 is 0 Å². The number of allylic oxidation sites excluding steroid dienone is 1. The summed E-state index contributed by atoms with van der Waals surface area (Å²) in [4.78, 5) is 4.83. The minimum atomic E-state index is 0.478. The molecular formula is C13H10BrN3S. The Kier molecular flexibility index (Phi) is 3.80. The van der Waals surface area contributed by atoms with Crippen LogP contribution < -0.4 is 5.73 Å². The van der Waals surface area contributed by atoms with Gasteiger partial charge < -0.3 is 5.73 Å². The van der Waals surface area contributed by atoms with Crippen molar-refractivity contribution in [2.75, 3.05) is 0 Å². The van der Waals surface area contributed by atoms with E-state index in [9.17, 15) is 5.26 Å². The molecule has 2 N–H and O–H groups in total. The van der Waals surface area contributed by atoms with Gasteiger partial charge in [0.1, 0.15) is 6.07 Å². The molecule has 0 aliphatic rings. The largest absolute Gasteiger partial charge is 0.396 e. The number of hydrogen-bond donors (Lipinski definition) is 1. The molecule has 0 fully saturated rings. The second-order valence-corrected chi connectivity index (χ2v) is 6.07. The molecule has 2 rings (SSSR count). The van der Waals surface area contributed by atoms with E-state index in [0.717, 1.165) is 19.8 Å². The van der Waals surface area contributed by atoms with Gasteiger partial charge in [-0.05, 0) is 52.2 Å². The zero-order valence-corrected chi connectivity index (χ0v) is 12.0.